The third-order valence-corrected chi connectivity index (χ3v) is 3.36. The molecule has 0 fully saturated rings. The summed E-state index contributed by atoms with van der Waals surface area (Å²) >= 11 is 0. The SMILES string of the molecule is O=C(NCCC1=CCCC1)Nc1ccc(C(=O)O)cc1O. The van der Waals surface area contributed by atoms with Crippen molar-refractivity contribution >= 4 is 17.7 Å². The first-order valence-corrected chi connectivity index (χ1v) is 6.85. The normalized spacial score (nSPS) is 13.6. The average molecular weight is 290 g/mol. The minimum Gasteiger partial charge on any atom is -0.506 e. The van der Waals surface area contributed by atoms with Crippen molar-refractivity contribution in [2.45, 2.75) is 25.7 Å². The number of amides is 2. The third kappa shape index (κ3) is 4.24. The number of allylic oxidation sites excluding steroid dienone is 1. The van der Waals surface area contributed by atoms with Gasteiger partial charge in [0.15, 0.2) is 0 Å². The van der Waals surface area contributed by atoms with Crippen LogP contribution >= 0.6 is 0 Å². The lowest BCUT2D eigenvalue weighted by Gasteiger charge is -2.09. The molecule has 1 aliphatic rings. The van der Waals surface area contributed by atoms with E-state index >= 15 is 0 Å². The second kappa shape index (κ2) is 6.78. The number of aromatic carboxylic acids is 1. The fraction of sp³-hybridized carbons (Fsp3) is 0.333. The van der Waals surface area contributed by atoms with E-state index in [9.17, 15) is 14.7 Å². The molecule has 0 atom stereocenters. The summed E-state index contributed by atoms with van der Waals surface area (Å²) in [6, 6.07) is 3.35. The molecule has 0 unspecified atom stereocenters. The predicted molar refractivity (Wildman–Crippen MR) is 78.6 cm³/mol. The van der Waals surface area contributed by atoms with Crippen molar-refractivity contribution in [1.82, 2.24) is 5.32 Å². The molecule has 1 aliphatic carbocycles. The van der Waals surface area contributed by atoms with Gasteiger partial charge in [0.2, 0.25) is 0 Å². The topological polar surface area (TPSA) is 98.7 Å². The first-order chi connectivity index (χ1) is 10.1. The number of urea groups is 1. The maximum absolute atomic E-state index is 11.7. The van der Waals surface area contributed by atoms with Crippen LogP contribution in [0.2, 0.25) is 0 Å². The van der Waals surface area contributed by atoms with Crippen LogP contribution < -0.4 is 10.6 Å². The molecule has 0 saturated carbocycles. The standard InChI is InChI=1S/C15H18N2O4/c18-13-9-11(14(19)20)5-6-12(13)17-15(21)16-8-7-10-3-1-2-4-10/h3,5-6,9,18H,1-2,4,7-8H2,(H,19,20)(H2,16,17,21). The van der Waals surface area contributed by atoms with E-state index in [4.69, 9.17) is 5.11 Å². The fourth-order valence-corrected chi connectivity index (χ4v) is 2.24. The number of hydrogen-bond donors (Lipinski definition) is 4. The Morgan fingerprint density at radius 2 is 2.10 bits per heavy atom. The van der Waals surface area contributed by atoms with Crippen LogP contribution in [-0.2, 0) is 0 Å². The third-order valence-electron chi connectivity index (χ3n) is 3.36. The number of phenols is 1. The lowest BCUT2D eigenvalue weighted by Crippen LogP contribution is -2.29. The Morgan fingerprint density at radius 3 is 2.71 bits per heavy atom. The molecule has 112 valence electrons. The summed E-state index contributed by atoms with van der Waals surface area (Å²) in [6.07, 6.45) is 6.44. The number of hydrogen-bond acceptors (Lipinski definition) is 3. The van der Waals surface area contributed by atoms with Gasteiger partial charge in [-0.2, -0.15) is 0 Å². The van der Waals surface area contributed by atoms with Gasteiger partial charge in [0.05, 0.1) is 11.3 Å². The number of carbonyl (C=O) groups excluding carboxylic acids is 1. The maximum atomic E-state index is 11.7. The van der Waals surface area contributed by atoms with Crippen molar-refractivity contribution in [3.05, 3.63) is 35.4 Å². The Balaban J connectivity index is 1.83. The predicted octanol–water partition coefficient (Wildman–Crippen LogP) is 2.71. The fourth-order valence-electron chi connectivity index (χ4n) is 2.24. The van der Waals surface area contributed by atoms with Crippen molar-refractivity contribution < 1.29 is 19.8 Å². The number of aromatic hydroxyl groups is 1. The molecule has 0 radical (unpaired) electrons. The molecule has 0 saturated heterocycles. The number of nitrogens with one attached hydrogen (secondary N) is 2. The van der Waals surface area contributed by atoms with Crippen LogP contribution in [0.3, 0.4) is 0 Å². The Labute approximate surface area is 122 Å². The van der Waals surface area contributed by atoms with Gasteiger partial charge >= 0.3 is 12.0 Å². The zero-order chi connectivity index (χ0) is 15.2. The molecule has 1 aromatic carbocycles. The van der Waals surface area contributed by atoms with Gasteiger partial charge in [-0.05, 0) is 43.9 Å². The van der Waals surface area contributed by atoms with Gasteiger partial charge < -0.3 is 20.8 Å². The number of benzene rings is 1. The lowest BCUT2D eigenvalue weighted by molar-refractivity contribution is 0.0696. The van der Waals surface area contributed by atoms with E-state index < -0.39 is 12.0 Å². The van der Waals surface area contributed by atoms with Crippen LogP contribution in [0.4, 0.5) is 10.5 Å². The van der Waals surface area contributed by atoms with Gasteiger partial charge in [-0.15, -0.1) is 0 Å². The molecule has 1 aromatic rings. The summed E-state index contributed by atoms with van der Waals surface area (Å²) < 4.78 is 0. The Hall–Kier alpha value is -2.50. The number of phenolic OH excluding ortho intramolecular Hbond substituents is 1. The number of carbonyl (C=O) groups is 2. The van der Waals surface area contributed by atoms with Gasteiger partial charge in [-0.3, -0.25) is 0 Å². The Kier molecular flexibility index (Phi) is 4.81. The number of anilines is 1. The van der Waals surface area contributed by atoms with Gasteiger partial charge in [-0.25, -0.2) is 9.59 Å². The zero-order valence-electron chi connectivity index (χ0n) is 11.6. The minimum absolute atomic E-state index is 0.0355. The van der Waals surface area contributed by atoms with Crippen LogP contribution in [0, 0.1) is 0 Å². The van der Waals surface area contributed by atoms with Crippen LogP contribution in [0.1, 0.15) is 36.0 Å². The first kappa shape index (κ1) is 14.9. The molecule has 0 spiro atoms. The number of carboxylic acids is 1. The molecule has 0 bridgehead atoms. The molecular formula is C15H18N2O4. The van der Waals surface area contributed by atoms with E-state index in [1.165, 1.54) is 24.1 Å². The highest BCUT2D eigenvalue weighted by molar-refractivity contribution is 5.93. The van der Waals surface area contributed by atoms with Crippen molar-refractivity contribution in [2.24, 2.45) is 0 Å². The van der Waals surface area contributed by atoms with E-state index in [1.54, 1.807) is 0 Å². The highest BCUT2D eigenvalue weighted by Gasteiger charge is 2.10. The van der Waals surface area contributed by atoms with E-state index in [0.717, 1.165) is 25.3 Å². The largest absolute Gasteiger partial charge is 0.506 e. The average Bonchev–Trinajstić information content (AvgIpc) is 2.94. The van der Waals surface area contributed by atoms with Crippen LogP contribution in [0.25, 0.3) is 0 Å². The van der Waals surface area contributed by atoms with Crippen molar-refractivity contribution in [1.29, 1.82) is 0 Å². The molecular weight excluding hydrogens is 272 g/mol. The summed E-state index contributed by atoms with van der Waals surface area (Å²) in [7, 11) is 0. The quantitative estimate of drug-likeness (QED) is 0.495. The minimum atomic E-state index is -1.13. The van der Waals surface area contributed by atoms with E-state index in [2.05, 4.69) is 16.7 Å². The lowest BCUT2D eigenvalue weighted by atomic mass is 10.2. The first-order valence-electron chi connectivity index (χ1n) is 6.85. The van der Waals surface area contributed by atoms with Crippen molar-refractivity contribution in [3.63, 3.8) is 0 Å². The van der Waals surface area contributed by atoms with Crippen molar-refractivity contribution in [3.8, 4) is 5.75 Å². The number of rotatable bonds is 5. The molecule has 0 heterocycles. The Bertz CT molecular complexity index is 581. The zero-order valence-corrected chi connectivity index (χ0v) is 11.6. The smallest absolute Gasteiger partial charge is 0.335 e. The molecule has 2 rings (SSSR count). The summed E-state index contributed by atoms with van der Waals surface area (Å²) in [5, 5.41) is 23.7. The molecule has 21 heavy (non-hydrogen) atoms. The summed E-state index contributed by atoms with van der Waals surface area (Å²) in [6.45, 7) is 0.533. The van der Waals surface area contributed by atoms with Crippen LogP contribution in [-0.4, -0.2) is 28.8 Å². The van der Waals surface area contributed by atoms with Gasteiger partial charge in [0, 0.05) is 6.54 Å². The molecule has 2 amide bonds. The molecule has 6 heteroatoms. The molecule has 4 N–H and O–H groups in total. The summed E-state index contributed by atoms with van der Waals surface area (Å²) in [5.41, 5.74) is 1.51. The monoisotopic (exact) mass is 290 g/mol. The van der Waals surface area contributed by atoms with Gasteiger partial charge in [0.25, 0.3) is 0 Å². The summed E-state index contributed by atoms with van der Waals surface area (Å²) in [4.78, 5) is 22.4. The molecule has 6 nitrogen and oxygen atoms in total. The Morgan fingerprint density at radius 1 is 1.29 bits per heavy atom. The van der Waals surface area contributed by atoms with Gasteiger partial charge in [0.1, 0.15) is 5.75 Å². The van der Waals surface area contributed by atoms with Gasteiger partial charge in [-0.1, -0.05) is 11.6 Å². The van der Waals surface area contributed by atoms with E-state index in [1.807, 2.05) is 0 Å². The molecule has 0 aliphatic heterocycles. The number of carboxylic acid groups (broad SMARTS) is 1. The molecule has 0 aromatic heterocycles. The van der Waals surface area contributed by atoms with Crippen molar-refractivity contribution in [2.75, 3.05) is 11.9 Å². The second-order valence-electron chi connectivity index (χ2n) is 4.92. The van der Waals surface area contributed by atoms with Crippen LogP contribution in [0.15, 0.2) is 29.8 Å². The highest BCUT2D eigenvalue weighted by Crippen LogP contribution is 2.24. The maximum Gasteiger partial charge on any atom is 0.335 e. The van der Waals surface area contributed by atoms with Crippen LogP contribution in [0.5, 0.6) is 5.75 Å². The second-order valence-corrected chi connectivity index (χ2v) is 4.92. The highest BCUT2D eigenvalue weighted by atomic mass is 16.4. The van der Waals surface area contributed by atoms with E-state index in [0.29, 0.717) is 6.54 Å². The van der Waals surface area contributed by atoms with E-state index in [-0.39, 0.29) is 17.0 Å². The summed E-state index contributed by atoms with van der Waals surface area (Å²) in [5.74, 6) is -1.41.